The maximum atomic E-state index is 8.74. The van der Waals surface area contributed by atoms with Crippen LogP contribution in [0.25, 0.3) is 0 Å². The predicted molar refractivity (Wildman–Crippen MR) is 65.0 cm³/mol. The standard InChI is InChI=1S/C13H27NO/c1-2-6-13-7-5-10-14(11-8-13)9-3-4-12-15/h13,15H,2-12H2,1H3. The Morgan fingerprint density at radius 3 is 2.80 bits per heavy atom. The molecular weight excluding hydrogens is 186 g/mol. The summed E-state index contributed by atoms with van der Waals surface area (Å²) in [6.07, 6.45) is 9.10. The second kappa shape index (κ2) is 8.12. The van der Waals surface area contributed by atoms with Gasteiger partial charge < -0.3 is 10.0 Å². The molecule has 0 amide bonds. The van der Waals surface area contributed by atoms with E-state index in [4.69, 9.17) is 5.11 Å². The molecule has 1 rings (SSSR count). The first-order chi connectivity index (χ1) is 7.36. The van der Waals surface area contributed by atoms with Gasteiger partial charge in [-0.05, 0) is 57.7 Å². The number of likely N-dealkylation sites (tertiary alicyclic amines) is 1. The van der Waals surface area contributed by atoms with Crippen LogP contribution in [-0.2, 0) is 0 Å². The predicted octanol–water partition coefficient (Wildman–Crippen LogP) is 2.66. The second-order valence-corrected chi connectivity index (χ2v) is 4.86. The zero-order valence-electron chi connectivity index (χ0n) is 10.2. The van der Waals surface area contributed by atoms with Gasteiger partial charge in [0.1, 0.15) is 0 Å². The van der Waals surface area contributed by atoms with Crippen LogP contribution in [0, 0.1) is 5.92 Å². The van der Waals surface area contributed by atoms with E-state index in [1.54, 1.807) is 0 Å². The van der Waals surface area contributed by atoms with Crippen LogP contribution in [0.3, 0.4) is 0 Å². The number of aliphatic hydroxyl groups excluding tert-OH is 1. The van der Waals surface area contributed by atoms with E-state index in [9.17, 15) is 0 Å². The third-order valence-electron chi connectivity index (χ3n) is 3.52. The number of hydrogen-bond donors (Lipinski definition) is 1. The minimum atomic E-state index is 0.353. The molecule has 0 spiro atoms. The summed E-state index contributed by atoms with van der Waals surface area (Å²) in [4.78, 5) is 2.59. The zero-order chi connectivity index (χ0) is 10.9. The van der Waals surface area contributed by atoms with Crippen LogP contribution >= 0.6 is 0 Å². The molecule has 1 atom stereocenters. The van der Waals surface area contributed by atoms with Gasteiger partial charge in [0.05, 0.1) is 0 Å². The van der Waals surface area contributed by atoms with Crippen molar-refractivity contribution in [2.75, 3.05) is 26.2 Å². The largest absolute Gasteiger partial charge is 0.396 e. The van der Waals surface area contributed by atoms with Crippen molar-refractivity contribution in [2.24, 2.45) is 5.92 Å². The van der Waals surface area contributed by atoms with E-state index in [1.165, 1.54) is 51.7 Å². The number of rotatable bonds is 6. The molecule has 1 aliphatic rings. The van der Waals surface area contributed by atoms with Crippen molar-refractivity contribution in [1.82, 2.24) is 4.90 Å². The maximum absolute atomic E-state index is 8.74. The lowest BCUT2D eigenvalue weighted by Gasteiger charge is -2.19. The van der Waals surface area contributed by atoms with Crippen LogP contribution in [0.4, 0.5) is 0 Å². The Kier molecular flexibility index (Phi) is 7.03. The Morgan fingerprint density at radius 1 is 1.20 bits per heavy atom. The molecule has 1 saturated heterocycles. The van der Waals surface area contributed by atoms with Crippen LogP contribution in [-0.4, -0.2) is 36.2 Å². The zero-order valence-corrected chi connectivity index (χ0v) is 10.2. The molecule has 1 fully saturated rings. The fourth-order valence-electron chi connectivity index (χ4n) is 2.59. The molecule has 2 nitrogen and oxygen atoms in total. The van der Waals surface area contributed by atoms with Gasteiger partial charge in [-0.25, -0.2) is 0 Å². The molecule has 0 aromatic carbocycles. The van der Waals surface area contributed by atoms with Gasteiger partial charge >= 0.3 is 0 Å². The molecule has 0 aliphatic carbocycles. The minimum absolute atomic E-state index is 0.353. The normalized spacial score (nSPS) is 24.0. The van der Waals surface area contributed by atoms with Crippen molar-refractivity contribution in [3.8, 4) is 0 Å². The second-order valence-electron chi connectivity index (χ2n) is 4.86. The molecular formula is C13H27NO. The first-order valence-electron chi connectivity index (χ1n) is 6.70. The first-order valence-corrected chi connectivity index (χ1v) is 6.70. The highest BCUT2D eigenvalue weighted by Gasteiger charge is 2.15. The van der Waals surface area contributed by atoms with Crippen molar-refractivity contribution in [1.29, 1.82) is 0 Å². The minimum Gasteiger partial charge on any atom is -0.396 e. The van der Waals surface area contributed by atoms with Gasteiger partial charge in [0, 0.05) is 6.61 Å². The highest BCUT2D eigenvalue weighted by molar-refractivity contribution is 4.69. The van der Waals surface area contributed by atoms with E-state index in [0.29, 0.717) is 6.61 Å². The van der Waals surface area contributed by atoms with Gasteiger partial charge in [-0.15, -0.1) is 0 Å². The van der Waals surface area contributed by atoms with E-state index >= 15 is 0 Å². The molecule has 1 N–H and O–H groups in total. The Hall–Kier alpha value is -0.0800. The van der Waals surface area contributed by atoms with Crippen LogP contribution in [0.2, 0.25) is 0 Å². The summed E-state index contributed by atoms with van der Waals surface area (Å²) in [7, 11) is 0. The monoisotopic (exact) mass is 213 g/mol. The van der Waals surface area contributed by atoms with Gasteiger partial charge in [-0.3, -0.25) is 0 Å². The number of hydrogen-bond acceptors (Lipinski definition) is 2. The molecule has 1 aliphatic heterocycles. The van der Waals surface area contributed by atoms with Crippen molar-refractivity contribution >= 4 is 0 Å². The average Bonchev–Trinajstić information content (AvgIpc) is 2.45. The number of nitrogens with zero attached hydrogens (tertiary/aromatic N) is 1. The van der Waals surface area contributed by atoms with Crippen LogP contribution in [0.5, 0.6) is 0 Å². The Morgan fingerprint density at radius 2 is 2.07 bits per heavy atom. The first kappa shape index (κ1) is 13.0. The van der Waals surface area contributed by atoms with Gasteiger partial charge in [0.2, 0.25) is 0 Å². The fourth-order valence-corrected chi connectivity index (χ4v) is 2.59. The number of aliphatic hydroxyl groups is 1. The van der Waals surface area contributed by atoms with Crippen molar-refractivity contribution in [3.05, 3.63) is 0 Å². The lowest BCUT2D eigenvalue weighted by atomic mass is 9.96. The third kappa shape index (κ3) is 5.53. The Balaban J connectivity index is 2.14. The molecule has 15 heavy (non-hydrogen) atoms. The van der Waals surface area contributed by atoms with Crippen LogP contribution < -0.4 is 0 Å². The fraction of sp³-hybridized carbons (Fsp3) is 1.00. The third-order valence-corrected chi connectivity index (χ3v) is 3.52. The SMILES string of the molecule is CCCC1CCCN(CCCCO)CC1. The smallest absolute Gasteiger partial charge is 0.0431 e. The highest BCUT2D eigenvalue weighted by atomic mass is 16.2. The van der Waals surface area contributed by atoms with E-state index in [1.807, 2.05) is 0 Å². The summed E-state index contributed by atoms with van der Waals surface area (Å²) in [5.41, 5.74) is 0. The molecule has 0 radical (unpaired) electrons. The summed E-state index contributed by atoms with van der Waals surface area (Å²) in [5, 5.41) is 8.74. The van der Waals surface area contributed by atoms with Crippen molar-refractivity contribution in [2.45, 2.75) is 51.9 Å². The summed E-state index contributed by atoms with van der Waals surface area (Å²) < 4.78 is 0. The summed E-state index contributed by atoms with van der Waals surface area (Å²) >= 11 is 0. The highest BCUT2D eigenvalue weighted by Crippen LogP contribution is 2.21. The molecule has 1 heterocycles. The molecule has 0 saturated carbocycles. The van der Waals surface area contributed by atoms with E-state index in [0.717, 1.165) is 18.8 Å². The molecule has 2 heteroatoms. The van der Waals surface area contributed by atoms with E-state index < -0.39 is 0 Å². The maximum Gasteiger partial charge on any atom is 0.0431 e. The molecule has 0 aromatic rings. The topological polar surface area (TPSA) is 23.5 Å². The lowest BCUT2D eigenvalue weighted by Crippen LogP contribution is -2.26. The van der Waals surface area contributed by atoms with Gasteiger partial charge in [0.15, 0.2) is 0 Å². The molecule has 0 aromatic heterocycles. The average molecular weight is 213 g/mol. The van der Waals surface area contributed by atoms with Gasteiger partial charge in [-0.1, -0.05) is 19.8 Å². The van der Waals surface area contributed by atoms with Gasteiger partial charge in [-0.2, -0.15) is 0 Å². The van der Waals surface area contributed by atoms with E-state index in [2.05, 4.69) is 11.8 Å². The van der Waals surface area contributed by atoms with E-state index in [-0.39, 0.29) is 0 Å². The summed E-state index contributed by atoms with van der Waals surface area (Å²) in [5.74, 6) is 0.984. The molecule has 1 unspecified atom stereocenters. The molecule has 0 bridgehead atoms. The van der Waals surface area contributed by atoms with Gasteiger partial charge in [0.25, 0.3) is 0 Å². The molecule has 90 valence electrons. The quantitative estimate of drug-likeness (QED) is 0.686. The summed E-state index contributed by atoms with van der Waals surface area (Å²) in [6.45, 7) is 6.41. The summed E-state index contributed by atoms with van der Waals surface area (Å²) in [6, 6.07) is 0. The lowest BCUT2D eigenvalue weighted by molar-refractivity contribution is 0.244. The Labute approximate surface area is 94.7 Å². The van der Waals surface area contributed by atoms with Crippen LogP contribution in [0.15, 0.2) is 0 Å². The number of unbranched alkanes of at least 4 members (excludes halogenated alkanes) is 1. The van der Waals surface area contributed by atoms with Crippen LogP contribution in [0.1, 0.15) is 51.9 Å². The Bertz CT molecular complexity index is 149. The van der Waals surface area contributed by atoms with Crippen molar-refractivity contribution in [3.63, 3.8) is 0 Å². The van der Waals surface area contributed by atoms with Crippen molar-refractivity contribution < 1.29 is 5.11 Å².